The third kappa shape index (κ3) is 4.54. The quantitative estimate of drug-likeness (QED) is 0.810. The molecule has 2 aliphatic heterocycles. The Morgan fingerprint density at radius 3 is 2.33 bits per heavy atom. The Balaban J connectivity index is 1.69. The molecule has 146 valence electrons. The highest BCUT2D eigenvalue weighted by Crippen LogP contribution is 2.27. The standard InChI is InChI=1S/C18H24N4O4S/c1-12-9-13(2)11-22(10-12)27(25,26)15-5-3-14(4-6-15)19-18(24)16-7-8-17(23)21-20-16/h3-6,12-13H,7-11H2,1-2H3,(H,19,24)(H,21,23)/t12-,13-/m0/s1. The normalized spacial score (nSPS) is 24.1. The van der Waals surface area contributed by atoms with Gasteiger partial charge in [-0.15, -0.1) is 0 Å². The lowest BCUT2D eigenvalue weighted by Crippen LogP contribution is -2.42. The van der Waals surface area contributed by atoms with Gasteiger partial charge in [0.2, 0.25) is 15.9 Å². The Bertz CT molecular complexity index is 854. The molecule has 2 atom stereocenters. The van der Waals surface area contributed by atoms with Gasteiger partial charge >= 0.3 is 0 Å². The second-order valence-electron chi connectivity index (χ2n) is 7.34. The lowest BCUT2D eigenvalue weighted by Gasteiger charge is -2.34. The fourth-order valence-electron chi connectivity index (χ4n) is 3.50. The van der Waals surface area contributed by atoms with Crippen LogP contribution in [-0.2, 0) is 19.6 Å². The zero-order chi connectivity index (χ0) is 19.6. The second kappa shape index (κ2) is 7.77. The van der Waals surface area contributed by atoms with Crippen LogP contribution in [0.15, 0.2) is 34.3 Å². The molecule has 1 fully saturated rings. The molecule has 1 saturated heterocycles. The van der Waals surface area contributed by atoms with Crippen molar-refractivity contribution in [3.63, 3.8) is 0 Å². The molecule has 2 amide bonds. The van der Waals surface area contributed by atoms with Crippen molar-refractivity contribution in [2.75, 3.05) is 18.4 Å². The molecule has 0 spiro atoms. The van der Waals surface area contributed by atoms with Crippen LogP contribution in [0.1, 0.15) is 33.1 Å². The molecule has 2 heterocycles. The van der Waals surface area contributed by atoms with E-state index in [0.717, 1.165) is 6.42 Å². The number of piperidine rings is 1. The third-order valence-electron chi connectivity index (χ3n) is 4.75. The minimum Gasteiger partial charge on any atom is -0.321 e. The van der Waals surface area contributed by atoms with Crippen LogP contribution in [0.3, 0.4) is 0 Å². The molecule has 3 rings (SSSR count). The van der Waals surface area contributed by atoms with Gasteiger partial charge in [0.1, 0.15) is 5.71 Å². The average Bonchev–Trinajstić information content (AvgIpc) is 2.62. The molecule has 0 unspecified atom stereocenters. The maximum Gasteiger partial charge on any atom is 0.271 e. The van der Waals surface area contributed by atoms with Crippen LogP contribution in [0, 0.1) is 11.8 Å². The minimum absolute atomic E-state index is 0.212. The number of amides is 2. The van der Waals surface area contributed by atoms with E-state index in [2.05, 4.69) is 29.7 Å². The summed E-state index contributed by atoms with van der Waals surface area (Å²) in [4.78, 5) is 23.4. The summed E-state index contributed by atoms with van der Waals surface area (Å²) in [5, 5.41) is 6.41. The topological polar surface area (TPSA) is 108 Å². The second-order valence-corrected chi connectivity index (χ2v) is 9.28. The van der Waals surface area contributed by atoms with E-state index in [9.17, 15) is 18.0 Å². The predicted octanol–water partition coefficient (Wildman–Crippen LogP) is 1.56. The van der Waals surface area contributed by atoms with Gasteiger partial charge in [0.05, 0.1) is 4.90 Å². The zero-order valence-electron chi connectivity index (χ0n) is 15.4. The van der Waals surface area contributed by atoms with Crippen molar-refractivity contribution in [2.24, 2.45) is 16.9 Å². The summed E-state index contributed by atoms with van der Waals surface area (Å²) in [5.41, 5.74) is 2.98. The number of carbonyl (C=O) groups excluding carboxylic acids is 2. The van der Waals surface area contributed by atoms with E-state index in [1.54, 1.807) is 16.4 Å². The van der Waals surface area contributed by atoms with Crippen molar-refractivity contribution in [1.29, 1.82) is 0 Å². The van der Waals surface area contributed by atoms with E-state index in [4.69, 9.17) is 0 Å². The molecule has 27 heavy (non-hydrogen) atoms. The van der Waals surface area contributed by atoms with Crippen LogP contribution < -0.4 is 10.7 Å². The van der Waals surface area contributed by atoms with E-state index < -0.39 is 15.9 Å². The molecule has 1 aromatic rings. The maximum absolute atomic E-state index is 12.9. The van der Waals surface area contributed by atoms with Gasteiger partial charge in [0.25, 0.3) is 5.91 Å². The summed E-state index contributed by atoms with van der Waals surface area (Å²) in [6, 6.07) is 6.12. The molecule has 1 aromatic carbocycles. The van der Waals surface area contributed by atoms with Gasteiger partial charge in [-0.3, -0.25) is 9.59 Å². The molecule has 0 saturated carbocycles. The highest BCUT2D eigenvalue weighted by Gasteiger charge is 2.31. The van der Waals surface area contributed by atoms with Crippen LogP contribution in [-0.4, -0.2) is 43.3 Å². The van der Waals surface area contributed by atoms with E-state index in [-0.39, 0.29) is 29.4 Å². The zero-order valence-corrected chi connectivity index (χ0v) is 16.3. The number of hydrazone groups is 1. The summed E-state index contributed by atoms with van der Waals surface area (Å²) in [6.45, 7) is 5.17. The monoisotopic (exact) mass is 392 g/mol. The molecule has 0 aromatic heterocycles. The Hall–Kier alpha value is -2.26. The molecule has 0 aliphatic carbocycles. The Kier molecular flexibility index (Phi) is 5.61. The van der Waals surface area contributed by atoms with E-state index in [1.807, 2.05) is 0 Å². The molecule has 0 bridgehead atoms. The summed E-state index contributed by atoms with van der Waals surface area (Å²) < 4.78 is 27.3. The largest absolute Gasteiger partial charge is 0.321 e. The van der Waals surface area contributed by atoms with Crippen LogP contribution in [0.5, 0.6) is 0 Å². The lowest BCUT2D eigenvalue weighted by atomic mass is 9.94. The Morgan fingerprint density at radius 2 is 1.78 bits per heavy atom. The number of anilines is 1. The Morgan fingerprint density at radius 1 is 1.15 bits per heavy atom. The Labute approximate surface area is 159 Å². The van der Waals surface area contributed by atoms with Crippen molar-refractivity contribution >= 4 is 33.2 Å². The fraction of sp³-hybridized carbons (Fsp3) is 0.500. The molecule has 2 N–H and O–H groups in total. The highest BCUT2D eigenvalue weighted by molar-refractivity contribution is 7.89. The van der Waals surface area contributed by atoms with Gasteiger partial charge in [0, 0.05) is 31.6 Å². The number of carbonyl (C=O) groups is 2. The predicted molar refractivity (Wildman–Crippen MR) is 102 cm³/mol. The van der Waals surface area contributed by atoms with Crippen LogP contribution >= 0.6 is 0 Å². The van der Waals surface area contributed by atoms with Gasteiger partial charge in [-0.05, 0) is 42.5 Å². The number of nitrogens with zero attached hydrogens (tertiary/aromatic N) is 2. The first-order valence-corrected chi connectivity index (χ1v) is 10.5. The van der Waals surface area contributed by atoms with Crippen molar-refractivity contribution in [1.82, 2.24) is 9.73 Å². The summed E-state index contributed by atoms with van der Waals surface area (Å²) in [6.07, 6.45) is 1.52. The number of hydrogen-bond donors (Lipinski definition) is 2. The molecule has 9 heteroatoms. The fourth-order valence-corrected chi connectivity index (χ4v) is 5.18. The van der Waals surface area contributed by atoms with Gasteiger partial charge in [-0.1, -0.05) is 13.8 Å². The third-order valence-corrected chi connectivity index (χ3v) is 6.60. The summed E-state index contributed by atoms with van der Waals surface area (Å²) in [7, 11) is -3.55. The van der Waals surface area contributed by atoms with E-state index >= 15 is 0 Å². The molecular weight excluding hydrogens is 368 g/mol. The van der Waals surface area contributed by atoms with Gasteiger partial charge in [0.15, 0.2) is 0 Å². The van der Waals surface area contributed by atoms with Crippen LogP contribution in [0.4, 0.5) is 5.69 Å². The number of sulfonamides is 1. The van der Waals surface area contributed by atoms with Crippen molar-refractivity contribution in [3.8, 4) is 0 Å². The molecule has 0 radical (unpaired) electrons. The first-order chi connectivity index (χ1) is 12.8. The molecule has 8 nitrogen and oxygen atoms in total. The number of hydrogen-bond acceptors (Lipinski definition) is 5. The smallest absolute Gasteiger partial charge is 0.271 e. The van der Waals surface area contributed by atoms with E-state index in [0.29, 0.717) is 30.6 Å². The SMILES string of the molecule is C[C@H]1C[C@H](C)CN(S(=O)(=O)c2ccc(NC(=O)C3=NNC(=O)CC3)cc2)C1. The summed E-state index contributed by atoms with van der Waals surface area (Å²) >= 11 is 0. The first-order valence-electron chi connectivity index (χ1n) is 9.02. The van der Waals surface area contributed by atoms with Gasteiger partial charge in [-0.2, -0.15) is 9.41 Å². The molecule has 2 aliphatic rings. The van der Waals surface area contributed by atoms with Crippen LogP contribution in [0.2, 0.25) is 0 Å². The van der Waals surface area contributed by atoms with Crippen LogP contribution in [0.25, 0.3) is 0 Å². The van der Waals surface area contributed by atoms with Crippen molar-refractivity contribution in [3.05, 3.63) is 24.3 Å². The number of benzene rings is 1. The average molecular weight is 392 g/mol. The van der Waals surface area contributed by atoms with Crippen molar-refractivity contribution in [2.45, 2.75) is 38.0 Å². The first kappa shape index (κ1) is 19.5. The highest BCUT2D eigenvalue weighted by atomic mass is 32.2. The van der Waals surface area contributed by atoms with E-state index in [1.165, 1.54) is 12.1 Å². The van der Waals surface area contributed by atoms with Gasteiger partial charge < -0.3 is 5.32 Å². The van der Waals surface area contributed by atoms with Gasteiger partial charge in [-0.25, -0.2) is 13.8 Å². The van der Waals surface area contributed by atoms with Crippen molar-refractivity contribution < 1.29 is 18.0 Å². The number of rotatable bonds is 4. The summed E-state index contributed by atoms with van der Waals surface area (Å²) in [5.74, 6) is 0.0319. The maximum atomic E-state index is 12.9. The number of nitrogens with one attached hydrogen (secondary N) is 2. The lowest BCUT2D eigenvalue weighted by molar-refractivity contribution is -0.121. The molecular formula is C18H24N4O4S. The minimum atomic E-state index is -3.55.